The first-order chi connectivity index (χ1) is 11.5. The van der Waals surface area contributed by atoms with E-state index in [1.54, 1.807) is 0 Å². The fourth-order valence-electron chi connectivity index (χ4n) is 4.31. The second kappa shape index (κ2) is 5.58. The number of carbonyl (C=O) groups excluding carboxylic acids is 1. The molecule has 2 aliphatic carbocycles. The first-order valence-corrected chi connectivity index (χ1v) is 9.22. The summed E-state index contributed by atoms with van der Waals surface area (Å²) in [6.07, 6.45) is 4.91. The molecule has 0 bridgehead atoms. The van der Waals surface area contributed by atoms with Crippen LogP contribution in [0.1, 0.15) is 86.8 Å². The van der Waals surface area contributed by atoms with Gasteiger partial charge in [0.25, 0.3) is 0 Å². The van der Waals surface area contributed by atoms with Gasteiger partial charge in [0, 0.05) is 11.1 Å². The van der Waals surface area contributed by atoms with Crippen LogP contribution >= 0.6 is 0 Å². The van der Waals surface area contributed by atoms with Crippen molar-refractivity contribution in [3.8, 4) is 0 Å². The minimum atomic E-state index is 0.248. The molecule has 4 rings (SSSR count). The van der Waals surface area contributed by atoms with E-state index in [2.05, 4.69) is 52.0 Å². The monoisotopic (exact) mass is 318 g/mol. The van der Waals surface area contributed by atoms with Gasteiger partial charge in [-0.15, -0.1) is 0 Å². The summed E-state index contributed by atoms with van der Waals surface area (Å²) in [7, 11) is 0. The van der Waals surface area contributed by atoms with Crippen LogP contribution < -0.4 is 0 Å². The number of hydrogen-bond donors (Lipinski definition) is 0. The Labute approximate surface area is 145 Å². The fourth-order valence-corrected chi connectivity index (χ4v) is 4.31. The first-order valence-electron chi connectivity index (χ1n) is 9.22. The Balaban J connectivity index is 1.89. The highest BCUT2D eigenvalue weighted by Crippen LogP contribution is 2.46. The lowest BCUT2D eigenvalue weighted by molar-refractivity contribution is 0.103. The van der Waals surface area contributed by atoms with Crippen molar-refractivity contribution in [3.05, 3.63) is 68.8 Å². The van der Waals surface area contributed by atoms with Gasteiger partial charge in [0.05, 0.1) is 0 Å². The van der Waals surface area contributed by atoms with E-state index in [1.165, 1.54) is 59.1 Å². The van der Waals surface area contributed by atoms with E-state index < -0.39 is 0 Å². The summed E-state index contributed by atoms with van der Waals surface area (Å²) in [4.78, 5) is 13.6. The van der Waals surface area contributed by atoms with Gasteiger partial charge in [0.15, 0.2) is 5.78 Å². The lowest BCUT2D eigenvalue weighted by Gasteiger charge is -2.17. The van der Waals surface area contributed by atoms with Crippen molar-refractivity contribution in [2.75, 3.05) is 0 Å². The largest absolute Gasteiger partial charge is 0.289 e. The number of ketones is 1. The van der Waals surface area contributed by atoms with Crippen LogP contribution in [-0.2, 0) is 0 Å². The molecule has 1 nitrogen and oxygen atoms in total. The highest BCUT2D eigenvalue weighted by Gasteiger charge is 2.33. The van der Waals surface area contributed by atoms with Gasteiger partial charge in [-0.2, -0.15) is 0 Å². The van der Waals surface area contributed by atoms with Crippen LogP contribution in [0.15, 0.2) is 24.3 Å². The Morgan fingerprint density at radius 3 is 1.42 bits per heavy atom. The van der Waals surface area contributed by atoms with Gasteiger partial charge in [0.2, 0.25) is 0 Å². The Morgan fingerprint density at radius 2 is 1.08 bits per heavy atom. The van der Waals surface area contributed by atoms with E-state index in [0.717, 1.165) is 11.1 Å². The SMILES string of the molecule is Cc1cc(C)c(C2CC2)c(C(=O)c2cc(C)cc(C)c2C2CC2)c1. The molecular formula is C23H26O. The van der Waals surface area contributed by atoms with Crippen molar-refractivity contribution in [1.82, 2.24) is 0 Å². The third-order valence-electron chi connectivity index (χ3n) is 5.52. The molecule has 0 atom stereocenters. The zero-order valence-corrected chi connectivity index (χ0v) is 15.2. The van der Waals surface area contributed by atoms with E-state index in [9.17, 15) is 4.79 Å². The summed E-state index contributed by atoms with van der Waals surface area (Å²) in [5.74, 6) is 1.44. The number of hydrogen-bond acceptors (Lipinski definition) is 1. The molecule has 2 fully saturated rings. The molecule has 0 unspecified atom stereocenters. The summed E-state index contributed by atoms with van der Waals surface area (Å²) in [6, 6.07) is 8.70. The van der Waals surface area contributed by atoms with Gasteiger partial charge in [-0.1, -0.05) is 23.3 Å². The van der Waals surface area contributed by atoms with E-state index in [0.29, 0.717) is 11.8 Å². The Bertz CT molecular complexity index is 766. The minimum Gasteiger partial charge on any atom is -0.289 e. The van der Waals surface area contributed by atoms with Crippen LogP contribution in [0.4, 0.5) is 0 Å². The molecule has 0 aromatic heterocycles. The van der Waals surface area contributed by atoms with Crippen LogP contribution in [-0.4, -0.2) is 5.78 Å². The molecular weight excluding hydrogens is 292 g/mol. The maximum absolute atomic E-state index is 13.6. The predicted molar refractivity (Wildman–Crippen MR) is 99.2 cm³/mol. The number of rotatable bonds is 4. The maximum atomic E-state index is 13.6. The third-order valence-corrected chi connectivity index (χ3v) is 5.52. The molecule has 1 heteroatoms. The number of aryl methyl sites for hydroxylation is 4. The minimum absolute atomic E-state index is 0.248. The molecule has 0 spiro atoms. The lowest BCUT2D eigenvalue weighted by atomic mass is 9.86. The van der Waals surface area contributed by atoms with Crippen molar-refractivity contribution in [3.63, 3.8) is 0 Å². The van der Waals surface area contributed by atoms with Crippen LogP contribution in [0, 0.1) is 27.7 Å². The number of benzene rings is 2. The Morgan fingerprint density at radius 1 is 0.708 bits per heavy atom. The first kappa shape index (κ1) is 15.6. The molecule has 0 amide bonds. The maximum Gasteiger partial charge on any atom is 0.193 e. The zero-order valence-electron chi connectivity index (χ0n) is 15.2. The van der Waals surface area contributed by atoms with E-state index in [1.807, 2.05) is 0 Å². The average molecular weight is 318 g/mol. The molecule has 0 radical (unpaired) electrons. The third kappa shape index (κ3) is 2.70. The van der Waals surface area contributed by atoms with Crippen LogP contribution in [0.5, 0.6) is 0 Å². The topological polar surface area (TPSA) is 17.1 Å². The van der Waals surface area contributed by atoms with Gasteiger partial charge in [-0.05, 0) is 99.6 Å². The summed E-state index contributed by atoms with van der Waals surface area (Å²) in [5.41, 5.74) is 9.51. The molecule has 0 saturated heterocycles. The zero-order chi connectivity index (χ0) is 17.0. The smallest absolute Gasteiger partial charge is 0.193 e. The molecule has 0 heterocycles. The molecule has 24 heavy (non-hydrogen) atoms. The standard InChI is InChI=1S/C23H26O/c1-13-9-15(3)21(17-5-6-17)19(11-13)23(24)20-12-14(2)10-16(4)22(20)18-7-8-18/h9-12,17-18H,5-8H2,1-4H3. The fraction of sp³-hybridized carbons (Fsp3) is 0.435. The van der Waals surface area contributed by atoms with E-state index in [-0.39, 0.29) is 5.78 Å². The lowest BCUT2D eigenvalue weighted by Crippen LogP contribution is -2.11. The van der Waals surface area contributed by atoms with Crippen molar-refractivity contribution in [2.24, 2.45) is 0 Å². The summed E-state index contributed by atoms with van der Waals surface area (Å²) in [6.45, 7) is 8.54. The van der Waals surface area contributed by atoms with E-state index >= 15 is 0 Å². The Hall–Kier alpha value is -1.89. The summed E-state index contributed by atoms with van der Waals surface area (Å²) >= 11 is 0. The summed E-state index contributed by atoms with van der Waals surface area (Å²) in [5, 5.41) is 0. The molecule has 2 saturated carbocycles. The molecule has 2 aliphatic rings. The van der Waals surface area contributed by atoms with Gasteiger partial charge in [-0.25, -0.2) is 0 Å². The number of carbonyl (C=O) groups is 1. The van der Waals surface area contributed by atoms with Crippen LogP contribution in [0.3, 0.4) is 0 Å². The van der Waals surface area contributed by atoms with Gasteiger partial charge < -0.3 is 0 Å². The molecule has 0 aliphatic heterocycles. The second-order valence-corrected chi connectivity index (χ2v) is 7.96. The van der Waals surface area contributed by atoms with Gasteiger partial charge in [-0.3, -0.25) is 4.79 Å². The van der Waals surface area contributed by atoms with E-state index in [4.69, 9.17) is 0 Å². The Kier molecular flexibility index (Phi) is 3.63. The van der Waals surface area contributed by atoms with Crippen LogP contribution in [0.2, 0.25) is 0 Å². The molecule has 2 aromatic rings. The average Bonchev–Trinajstić information content (AvgIpc) is 3.37. The van der Waals surface area contributed by atoms with Gasteiger partial charge in [0.1, 0.15) is 0 Å². The van der Waals surface area contributed by atoms with Crippen molar-refractivity contribution >= 4 is 5.78 Å². The van der Waals surface area contributed by atoms with Crippen molar-refractivity contribution in [2.45, 2.75) is 65.2 Å². The van der Waals surface area contributed by atoms with Crippen molar-refractivity contribution in [1.29, 1.82) is 0 Å². The highest BCUT2D eigenvalue weighted by molar-refractivity contribution is 6.11. The molecule has 124 valence electrons. The van der Waals surface area contributed by atoms with Crippen molar-refractivity contribution < 1.29 is 4.79 Å². The molecule has 2 aromatic carbocycles. The molecule has 0 N–H and O–H groups in total. The summed E-state index contributed by atoms with van der Waals surface area (Å²) < 4.78 is 0. The second-order valence-electron chi connectivity index (χ2n) is 7.96. The van der Waals surface area contributed by atoms with Crippen LogP contribution in [0.25, 0.3) is 0 Å². The quantitative estimate of drug-likeness (QED) is 0.641. The highest BCUT2D eigenvalue weighted by atomic mass is 16.1. The predicted octanol–water partition coefficient (Wildman–Crippen LogP) is 5.91. The van der Waals surface area contributed by atoms with Gasteiger partial charge >= 0.3 is 0 Å². The normalized spacial score (nSPS) is 17.2.